The average Bonchev–Trinajstić information content (AvgIpc) is 2.31. The number of benzene rings is 1. The summed E-state index contributed by atoms with van der Waals surface area (Å²) in [6.45, 7) is 5.11. The standard InChI is InChI=1S/C12H16ClNO2S/c1-3-14(4-2)12(15)9-17(16)11-7-5-10(13)6-8-11/h5-8H,3-4,9H2,1-2H3. The summed E-state index contributed by atoms with van der Waals surface area (Å²) in [7, 11) is -1.30. The number of nitrogens with zero attached hydrogens (tertiary/aromatic N) is 1. The monoisotopic (exact) mass is 273 g/mol. The molecule has 0 spiro atoms. The number of carbonyl (C=O) groups excluding carboxylic acids is 1. The van der Waals surface area contributed by atoms with Crippen LogP contribution in [-0.2, 0) is 15.6 Å². The molecule has 0 saturated heterocycles. The van der Waals surface area contributed by atoms with Gasteiger partial charge in [0.1, 0.15) is 5.75 Å². The molecule has 0 aliphatic heterocycles. The summed E-state index contributed by atoms with van der Waals surface area (Å²) in [6, 6.07) is 6.73. The van der Waals surface area contributed by atoms with Crippen LogP contribution in [0.3, 0.4) is 0 Å². The van der Waals surface area contributed by atoms with Gasteiger partial charge in [0.25, 0.3) is 0 Å². The molecule has 1 aromatic carbocycles. The van der Waals surface area contributed by atoms with Crippen LogP contribution in [0.4, 0.5) is 0 Å². The predicted molar refractivity (Wildman–Crippen MR) is 70.7 cm³/mol. The van der Waals surface area contributed by atoms with Crippen LogP contribution < -0.4 is 0 Å². The molecule has 1 rings (SSSR count). The zero-order valence-electron chi connectivity index (χ0n) is 9.98. The van der Waals surface area contributed by atoms with Crippen LogP contribution in [-0.4, -0.2) is 33.9 Å². The fourth-order valence-electron chi connectivity index (χ4n) is 1.45. The molecule has 17 heavy (non-hydrogen) atoms. The van der Waals surface area contributed by atoms with Gasteiger partial charge >= 0.3 is 0 Å². The minimum absolute atomic E-state index is 0.0311. The molecule has 0 fully saturated rings. The second-order valence-corrected chi connectivity index (χ2v) is 5.40. The molecule has 1 aromatic rings. The molecule has 0 aromatic heterocycles. The first-order valence-corrected chi connectivity index (χ1v) is 7.19. The third-order valence-electron chi connectivity index (χ3n) is 2.45. The lowest BCUT2D eigenvalue weighted by Crippen LogP contribution is -2.34. The van der Waals surface area contributed by atoms with Crippen molar-refractivity contribution in [2.24, 2.45) is 0 Å². The highest BCUT2D eigenvalue weighted by Gasteiger charge is 2.14. The van der Waals surface area contributed by atoms with E-state index in [0.717, 1.165) is 0 Å². The molecule has 0 bridgehead atoms. The van der Waals surface area contributed by atoms with E-state index >= 15 is 0 Å². The molecule has 1 amide bonds. The lowest BCUT2D eigenvalue weighted by molar-refractivity contribution is -0.128. The first-order valence-electron chi connectivity index (χ1n) is 5.50. The van der Waals surface area contributed by atoms with Gasteiger partial charge in [-0.2, -0.15) is 0 Å². The number of amides is 1. The number of hydrogen-bond donors (Lipinski definition) is 0. The van der Waals surface area contributed by atoms with Crippen LogP contribution in [0.25, 0.3) is 0 Å². The molecule has 0 saturated carbocycles. The van der Waals surface area contributed by atoms with Gasteiger partial charge in [-0.1, -0.05) is 11.6 Å². The van der Waals surface area contributed by atoms with Gasteiger partial charge in [0.05, 0.1) is 10.8 Å². The Bertz CT molecular complexity index is 401. The summed E-state index contributed by atoms with van der Waals surface area (Å²) in [5, 5.41) is 0.598. The van der Waals surface area contributed by atoms with Crippen molar-refractivity contribution in [3.63, 3.8) is 0 Å². The van der Waals surface area contributed by atoms with E-state index < -0.39 is 10.8 Å². The van der Waals surface area contributed by atoms with E-state index in [2.05, 4.69) is 0 Å². The molecule has 0 heterocycles. The number of rotatable bonds is 5. The Labute approximate surface area is 109 Å². The predicted octanol–water partition coefficient (Wildman–Crippen LogP) is 2.32. The van der Waals surface area contributed by atoms with Crippen molar-refractivity contribution in [3.05, 3.63) is 29.3 Å². The Morgan fingerprint density at radius 3 is 2.24 bits per heavy atom. The van der Waals surface area contributed by atoms with Gasteiger partial charge < -0.3 is 4.90 Å². The molecule has 3 nitrogen and oxygen atoms in total. The maximum absolute atomic E-state index is 11.9. The quantitative estimate of drug-likeness (QED) is 0.826. The SMILES string of the molecule is CCN(CC)C(=O)CS(=O)c1ccc(Cl)cc1. The highest BCUT2D eigenvalue weighted by molar-refractivity contribution is 7.85. The normalized spacial score (nSPS) is 12.2. The zero-order chi connectivity index (χ0) is 12.8. The lowest BCUT2D eigenvalue weighted by Gasteiger charge is -2.18. The van der Waals surface area contributed by atoms with Gasteiger partial charge in [0.2, 0.25) is 5.91 Å². The van der Waals surface area contributed by atoms with Crippen LogP contribution in [0, 0.1) is 0 Å². The van der Waals surface area contributed by atoms with E-state index in [4.69, 9.17) is 11.6 Å². The van der Waals surface area contributed by atoms with E-state index in [0.29, 0.717) is 23.0 Å². The van der Waals surface area contributed by atoms with Crippen molar-refractivity contribution in [3.8, 4) is 0 Å². The lowest BCUT2D eigenvalue weighted by atomic mass is 10.4. The van der Waals surface area contributed by atoms with E-state index in [9.17, 15) is 9.00 Å². The van der Waals surface area contributed by atoms with Gasteiger partial charge in [-0.25, -0.2) is 0 Å². The molecule has 0 N–H and O–H groups in total. The first kappa shape index (κ1) is 14.2. The summed E-state index contributed by atoms with van der Waals surface area (Å²) in [5.41, 5.74) is 0. The fourth-order valence-corrected chi connectivity index (χ4v) is 2.59. The van der Waals surface area contributed by atoms with E-state index in [1.807, 2.05) is 13.8 Å². The van der Waals surface area contributed by atoms with Crippen LogP contribution in [0.5, 0.6) is 0 Å². The van der Waals surface area contributed by atoms with Gasteiger partial charge in [-0.05, 0) is 38.1 Å². The Balaban J connectivity index is 2.66. The molecule has 94 valence electrons. The molecule has 1 atom stereocenters. The molecule has 0 aliphatic rings. The van der Waals surface area contributed by atoms with E-state index in [-0.39, 0.29) is 11.7 Å². The fraction of sp³-hybridized carbons (Fsp3) is 0.417. The summed E-state index contributed by atoms with van der Waals surface area (Å²) >= 11 is 5.74. The van der Waals surface area contributed by atoms with E-state index in [1.54, 1.807) is 29.2 Å². The third-order valence-corrected chi connectivity index (χ3v) is 4.01. The maximum atomic E-state index is 11.9. The van der Waals surface area contributed by atoms with Crippen molar-refractivity contribution in [2.45, 2.75) is 18.7 Å². The van der Waals surface area contributed by atoms with Crippen molar-refractivity contribution < 1.29 is 9.00 Å². The van der Waals surface area contributed by atoms with Crippen LogP contribution in [0.1, 0.15) is 13.8 Å². The Morgan fingerprint density at radius 1 is 1.24 bits per heavy atom. The van der Waals surface area contributed by atoms with Crippen molar-refractivity contribution in [1.82, 2.24) is 4.90 Å². The summed E-state index contributed by atoms with van der Waals surface area (Å²) < 4.78 is 11.9. The number of carbonyl (C=O) groups is 1. The molecule has 0 aliphatic carbocycles. The molecule has 1 unspecified atom stereocenters. The van der Waals surface area contributed by atoms with Crippen LogP contribution >= 0.6 is 11.6 Å². The van der Waals surface area contributed by atoms with E-state index in [1.165, 1.54) is 0 Å². The summed E-state index contributed by atoms with van der Waals surface area (Å²) in [6.07, 6.45) is 0. The van der Waals surface area contributed by atoms with Crippen LogP contribution in [0.15, 0.2) is 29.2 Å². The van der Waals surface area contributed by atoms with Gasteiger partial charge in [-0.3, -0.25) is 9.00 Å². The average molecular weight is 274 g/mol. The number of hydrogen-bond acceptors (Lipinski definition) is 2. The zero-order valence-corrected chi connectivity index (χ0v) is 11.6. The van der Waals surface area contributed by atoms with Gasteiger partial charge in [-0.15, -0.1) is 0 Å². The Kier molecular flexibility index (Phi) is 5.65. The van der Waals surface area contributed by atoms with Crippen molar-refractivity contribution in [2.75, 3.05) is 18.8 Å². The van der Waals surface area contributed by atoms with Crippen LogP contribution in [0.2, 0.25) is 5.02 Å². The Hall–Kier alpha value is -0.870. The van der Waals surface area contributed by atoms with Crippen molar-refractivity contribution in [1.29, 1.82) is 0 Å². The van der Waals surface area contributed by atoms with Crippen molar-refractivity contribution >= 4 is 28.3 Å². The molecule has 5 heteroatoms. The number of halogens is 1. The molecular weight excluding hydrogens is 258 g/mol. The minimum Gasteiger partial charge on any atom is -0.342 e. The summed E-state index contributed by atoms with van der Waals surface area (Å²) in [4.78, 5) is 14.1. The first-order chi connectivity index (χ1) is 8.08. The topological polar surface area (TPSA) is 37.4 Å². The third kappa shape index (κ3) is 4.13. The highest BCUT2D eigenvalue weighted by atomic mass is 35.5. The smallest absolute Gasteiger partial charge is 0.235 e. The second kappa shape index (κ2) is 6.77. The van der Waals surface area contributed by atoms with Gasteiger partial charge in [0, 0.05) is 23.0 Å². The second-order valence-electron chi connectivity index (χ2n) is 3.51. The largest absolute Gasteiger partial charge is 0.342 e. The summed E-state index contributed by atoms with van der Waals surface area (Å²) in [5.74, 6) is -0.0492. The molecule has 0 radical (unpaired) electrons. The Morgan fingerprint density at radius 2 is 1.76 bits per heavy atom. The van der Waals surface area contributed by atoms with Gasteiger partial charge in [0.15, 0.2) is 0 Å². The molecular formula is C12H16ClNO2S. The maximum Gasteiger partial charge on any atom is 0.235 e. The minimum atomic E-state index is -1.30. The highest BCUT2D eigenvalue weighted by Crippen LogP contribution is 2.13.